The Morgan fingerprint density at radius 1 is 1.42 bits per heavy atom. The normalized spacial score (nSPS) is 18.2. The van der Waals surface area contributed by atoms with Gasteiger partial charge in [-0.3, -0.25) is 9.89 Å². The first kappa shape index (κ1) is 14.9. The van der Waals surface area contributed by atoms with Gasteiger partial charge in [0.05, 0.1) is 12.4 Å². The van der Waals surface area contributed by atoms with Crippen LogP contribution in [0, 0.1) is 12.8 Å². The van der Waals surface area contributed by atoms with Crippen LogP contribution < -0.4 is 0 Å². The molecule has 0 aromatic carbocycles. The van der Waals surface area contributed by atoms with Gasteiger partial charge in [0, 0.05) is 31.2 Å². The maximum atomic E-state index is 12.9. The van der Waals surface area contributed by atoms with E-state index in [4.69, 9.17) is 0 Å². The van der Waals surface area contributed by atoms with Crippen molar-refractivity contribution in [1.82, 2.24) is 29.7 Å². The van der Waals surface area contributed by atoms with Gasteiger partial charge in [0.25, 0.3) is 5.91 Å². The second-order valence-electron chi connectivity index (χ2n) is 6.44. The molecule has 7 nitrogen and oxygen atoms in total. The van der Waals surface area contributed by atoms with Gasteiger partial charge in [-0.25, -0.2) is 9.50 Å². The van der Waals surface area contributed by atoms with Gasteiger partial charge >= 0.3 is 0 Å². The van der Waals surface area contributed by atoms with Crippen LogP contribution in [0.15, 0.2) is 30.9 Å². The minimum absolute atomic E-state index is 0.0229. The zero-order valence-corrected chi connectivity index (χ0v) is 13.6. The number of aromatic amines is 1. The van der Waals surface area contributed by atoms with Gasteiger partial charge in [0.15, 0.2) is 5.65 Å². The number of amides is 1. The summed E-state index contributed by atoms with van der Waals surface area (Å²) in [6, 6.07) is 1.80. The smallest absolute Gasteiger partial charge is 0.259 e. The van der Waals surface area contributed by atoms with Gasteiger partial charge in [-0.15, -0.1) is 0 Å². The molecule has 124 valence electrons. The average molecular weight is 324 g/mol. The van der Waals surface area contributed by atoms with Crippen molar-refractivity contribution in [3.05, 3.63) is 47.7 Å². The fourth-order valence-corrected chi connectivity index (χ4v) is 3.43. The third-order valence-electron chi connectivity index (χ3n) is 4.74. The second kappa shape index (κ2) is 6.07. The molecule has 0 spiro atoms. The van der Waals surface area contributed by atoms with E-state index in [-0.39, 0.29) is 5.91 Å². The van der Waals surface area contributed by atoms with Crippen molar-refractivity contribution in [2.24, 2.45) is 5.92 Å². The number of fused-ring (bicyclic) bond motifs is 1. The number of aromatic nitrogens is 5. The van der Waals surface area contributed by atoms with Gasteiger partial charge in [0.1, 0.15) is 5.56 Å². The molecular weight excluding hydrogens is 304 g/mol. The van der Waals surface area contributed by atoms with Crippen molar-refractivity contribution < 1.29 is 4.79 Å². The minimum Gasteiger partial charge on any atom is -0.338 e. The molecule has 4 rings (SSSR count). The second-order valence-corrected chi connectivity index (χ2v) is 6.44. The highest BCUT2D eigenvalue weighted by atomic mass is 16.2. The van der Waals surface area contributed by atoms with Gasteiger partial charge < -0.3 is 4.90 Å². The summed E-state index contributed by atoms with van der Waals surface area (Å²) in [4.78, 5) is 19.1. The Bertz CT molecular complexity index is 867. The Kier molecular flexibility index (Phi) is 3.76. The third kappa shape index (κ3) is 2.66. The molecule has 1 saturated heterocycles. The SMILES string of the molecule is Cc1cn[nH]c1C[C@@H]1CCCN(C(=O)c2cnn3cccnc23)C1. The molecule has 24 heavy (non-hydrogen) atoms. The van der Waals surface area contributed by atoms with Crippen LogP contribution in [-0.4, -0.2) is 48.7 Å². The Hall–Kier alpha value is -2.70. The summed E-state index contributed by atoms with van der Waals surface area (Å²) in [5, 5.41) is 11.4. The predicted molar refractivity (Wildman–Crippen MR) is 88.6 cm³/mol. The molecule has 7 heteroatoms. The first-order valence-corrected chi connectivity index (χ1v) is 8.29. The molecular formula is C17H20N6O. The Labute approximate surface area is 139 Å². The van der Waals surface area contributed by atoms with Crippen LogP contribution in [0.3, 0.4) is 0 Å². The highest BCUT2D eigenvalue weighted by molar-refractivity contribution is 5.99. The standard InChI is InChI=1S/C17H20N6O/c1-12-9-19-21-15(12)8-13-4-2-6-22(11-13)17(24)14-10-20-23-7-3-5-18-16(14)23/h3,5,7,9-10,13H,2,4,6,8,11H2,1H3,(H,19,21)/t13-/m0/s1. The molecule has 4 heterocycles. The van der Waals surface area contributed by atoms with Gasteiger partial charge in [-0.2, -0.15) is 10.2 Å². The van der Waals surface area contributed by atoms with Gasteiger partial charge in [-0.05, 0) is 43.7 Å². The predicted octanol–water partition coefficient (Wildman–Crippen LogP) is 1.86. The highest BCUT2D eigenvalue weighted by Gasteiger charge is 2.27. The summed E-state index contributed by atoms with van der Waals surface area (Å²) < 4.78 is 1.64. The molecule has 1 aliphatic rings. The maximum Gasteiger partial charge on any atom is 0.259 e. The molecule has 0 aliphatic carbocycles. The van der Waals surface area contributed by atoms with E-state index in [1.165, 1.54) is 11.3 Å². The first-order valence-electron chi connectivity index (χ1n) is 8.29. The topological polar surface area (TPSA) is 79.2 Å². The number of nitrogens with one attached hydrogen (secondary N) is 1. The number of hydrogen-bond donors (Lipinski definition) is 1. The largest absolute Gasteiger partial charge is 0.338 e. The zero-order valence-electron chi connectivity index (χ0n) is 13.6. The summed E-state index contributed by atoms with van der Waals surface area (Å²) in [7, 11) is 0. The monoisotopic (exact) mass is 324 g/mol. The molecule has 1 fully saturated rings. The van der Waals surface area contributed by atoms with Crippen molar-refractivity contribution >= 4 is 11.6 Å². The molecule has 0 bridgehead atoms. The van der Waals surface area contributed by atoms with Crippen molar-refractivity contribution in [2.45, 2.75) is 26.2 Å². The first-order chi connectivity index (χ1) is 11.7. The number of H-pyrrole nitrogens is 1. The maximum absolute atomic E-state index is 12.9. The Morgan fingerprint density at radius 2 is 2.33 bits per heavy atom. The van der Waals surface area contributed by atoms with Gasteiger partial charge in [-0.1, -0.05) is 0 Å². The van der Waals surface area contributed by atoms with Crippen molar-refractivity contribution in [2.75, 3.05) is 13.1 Å². The fraction of sp³-hybridized carbons (Fsp3) is 0.412. The Morgan fingerprint density at radius 3 is 3.17 bits per heavy atom. The van der Waals surface area contributed by atoms with Crippen molar-refractivity contribution in [1.29, 1.82) is 0 Å². The number of likely N-dealkylation sites (tertiary alicyclic amines) is 1. The summed E-state index contributed by atoms with van der Waals surface area (Å²) in [6.07, 6.45) is 10.1. The summed E-state index contributed by atoms with van der Waals surface area (Å²) in [5.41, 5.74) is 3.56. The summed E-state index contributed by atoms with van der Waals surface area (Å²) >= 11 is 0. The molecule has 0 unspecified atom stereocenters. The van der Waals surface area contributed by atoms with Crippen LogP contribution in [0.1, 0.15) is 34.5 Å². The third-order valence-corrected chi connectivity index (χ3v) is 4.74. The number of hydrogen-bond acceptors (Lipinski definition) is 4. The van der Waals surface area contributed by atoms with E-state index < -0.39 is 0 Å². The van der Waals surface area contributed by atoms with E-state index in [9.17, 15) is 4.79 Å². The van der Waals surface area contributed by atoms with Crippen molar-refractivity contribution in [3.63, 3.8) is 0 Å². The van der Waals surface area contributed by atoms with E-state index in [1.807, 2.05) is 11.1 Å². The number of carbonyl (C=O) groups is 1. The lowest BCUT2D eigenvalue weighted by Crippen LogP contribution is -2.40. The molecule has 1 atom stereocenters. The van der Waals surface area contributed by atoms with Crippen molar-refractivity contribution in [3.8, 4) is 0 Å². The molecule has 3 aromatic heterocycles. The van der Waals surface area contributed by atoms with E-state index in [1.54, 1.807) is 29.2 Å². The molecule has 0 saturated carbocycles. The minimum atomic E-state index is 0.0229. The number of carbonyl (C=O) groups excluding carboxylic acids is 1. The number of rotatable bonds is 3. The lowest BCUT2D eigenvalue weighted by Gasteiger charge is -2.32. The van der Waals surface area contributed by atoms with Crippen LogP contribution in [0.2, 0.25) is 0 Å². The van der Waals surface area contributed by atoms with E-state index in [0.717, 1.165) is 32.4 Å². The summed E-state index contributed by atoms with van der Waals surface area (Å²) in [6.45, 7) is 3.62. The van der Waals surface area contributed by atoms with E-state index in [0.29, 0.717) is 17.1 Å². The molecule has 1 N–H and O–H groups in total. The molecule has 3 aromatic rings. The Balaban J connectivity index is 1.51. The quantitative estimate of drug-likeness (QED) is 0.797. The van der Waals surface area contributed by atoms with Crippen LogP contribution in [0.4, 0.5) is 0 Å². The number of piperidine rings is 1. The molecule has 1 amide bonds. The van der Waals surface area contributed by atoms with Crippen LogP contribution in [0.5, 0.6) is 0 Å². The fourth-order valence-electron chi connectivity index (χ4n) is 3.43. The van der Waals surface area contributed by atoms with Crippen LogP contribution >= 0.6 is 0 Å². The van der Waals surface area contributed by atoms with E-state index in [2.05, 4.69) is 27.2 Å². The number of aryl methyl sites for hydroxylation is 1. The highest BCUT2D eigenvalue weighted by Crippen LogP contribution is 2.23. The number of nitrogens with zero attached hydrogens (tertiary/aromatic N) is 5. The molecule has 0 radical (unpaired) electrons. The van der Waals surface area contributed by atoms with Gasteiger partial charge in [0.2, 0.25) is 0 Å². The summed E-state index contributed by atoms with van der Waals surface area (Å²) in [5.74, 6) is 0.478. The molecule has 1 aliphatic heterocycles. The lowest BCUT2D eigenvalue weighted by molar-refractivity contribution is 0.0674. The zero-order chi connectivity index (χ0) is 16.5. The van der Waals surface area contributed by atoms with Crippen LogP contribution in [0.25, 0.3) is 5.65 Å². The average Bonchev–Trinajstić information content (AvgIpc) is 3.21. The van der Waals surface area contributed by atoms with E-state index >= 15 is 0 Å². The van der Waals surface area contributed by atoms with Crippen LogP contribution in [-0.2, 0) is 6.42 Å². The lowest BCUT2D eigenvalue weighted by atomic mass is 9.92.